The lowest BCUT2D eigenvalue weighted by Gasteiger charge is -2.38. The molecule has 170 valence electrons. The van der Waals surface area contributed by atoms with Gasteiger partial charge in [0, 0.05) is 31.4 Å². The fourth-order valence-corrected chi connectivity index (χ4v) is 5.40. The highest BCUT2D eigenvalue weighted by Crippen LogP contribution is 2.45. The lowest BCUT2D eigenvalue weighted by molar-refractivity contribution is -0.121. The summed E-state index contributed by atoms with van der Waals surface area (Å²) >= 11 is 0. The second-order valence-electron chi connectivity index (χ2n) is 9.22. The van der Waals surface area contributed by atoms with Crippen molar-refractivity contribution in [3.05, 3.63) is 42.0 Å². The van der Waals surface area contributed by atoms with Crippen molar-refractivity contribution >= 4 is 34.5 Å². The Morgan fingerprint density at radius 3 is 2.73 bits per heavy atom. The Morgan fingerprint density at radius 2 is 2.00 bits per heavy atom. The van der Waals surface area contributed by atoms with Gasteiger partial charge in [0.1, 0.15) is 6.33 Å². The van der Waals surface area contributed by atoms with Crippen molar-refractivity contribution in [2.75, 3.05) is 23.3 Å². The third kappa shape index (κ3) is 3.02. The maximum atomic E-state index is 12.9. The van der Waals surface area contributed by atoms with E-state index in [1.807, 2.05) is 29.7 Å². The molecule has 3 aliphatic rings. The molecule has 0 atom stereocenters. The molecule has 0 unspecified atom stereocenters. The lowest BCUT2D eigenvalue weighted by atomic mass is 9.73. The summed E-state index contributed by atoms with van der Waals surface area (Å²) in [5.41, 5.74) is 2.84. The summed E-state index contributed by atoms with van der Waals surface area (Å²) in [6, 6.07) is 8.21. The first-order chi connectivity index (χ1) is 16.1. The number of rotatable bonds is 4. The standard InChI is InChI=1S/C24H27N7O2/c1-2-31-20-18(29-21(31)22(32)27-15-6-5-7-15)19(25-14-26-20)30-12-10-24(11-13-30)16-8-3-4-9-17(16)28-23(24)33/h3-4,8-9,14-15H,2,5-7,10-13H2,1H3,(H,27,32)(H,28,33). The third-order valence-electron chi connectivity index (χ3n) is 7.51. The van der Waals surface area contributed by atoms with Crippen LogP contribution in [0.1, 0.15) is 55.2 Å². The van der Waals surface area contributed by atoms with Crippen molar-refractivity contribution in [1.29, 1.82) is 0 Å². The minimum atomic E-state index is -0.490. The van der Waals surface area contributed by atoms with E-state index in [4.69, 9.17) is 4.98 Å². The molecule has 1 saturated heterocycles. The zero-order valence-electron chi connectivity index (χ0n) is 18.7. The van der Waals surface area contributed by atoms with E-state index < -0.39 is 5.41 Å². The largest absolute Gasteiger partial charge is 0.355 e. The number of fused-ring (bicyclic) bond motifs is 3. The number of carbonyl (C=O) groups is 2. The van der Waals surface area contributed by atoms with E-state index in [-0.39, 0.29) is 17.9 Å². The molecule has 3 aromatic rings. The van der Waals surface area contributed by atoms with Gasteiger partial charge in [0.05, 0.1) is 5.41 Å². The lowest BCUT2D eigenvalue weighted by Crippen LogP contribution is -2.46. The topological polar surface area (TPSA) is 105 Å². The summed E-state index contributed by atoms with van der Waals surface area (Å²) in [7, 11) is 0. The first kappa shape index (κ1) is 20.1. The van der Waals surface area contributed by atoms with Gasteiger partial charge in [0.2, 0.25) is 11.7 Å². The number of benzene rings is 1. The van der Waals surface area contributed by atoms with Gasteiger partial charge in [-0.05, 0) is 50.7 Å². The highest BCUT2D eigenvalue weighted by atomic mass is 16.2. The summed E-state index contributed by atoms with van der Waals surface area (Å²) in [4.78, 5) is 41.7. The highest BCUT2D eigenvalue weighted by Gasteiger charge is 2.48. The first-order valence-corrected chi connectivity index (χ1v) is 11.8. The van der Waals surface area contributed by atoms with Crippen molar-refractivity contribution in [2.24, 2.45) is 0 Å². The molecule has 0 bridgehead atoms. The van der Waals surface area contributed by atoms with Gasteiger partial charge in [-0.15, -0.1) is 0 Å². The van der Waals surface area contributed by atoms with E-state index in [1.54, 1.807) is 6.33 Å². The minimum Gasteiger partial charge on any atom is -0.355 e. The number of carbonyl (C=O) groups excluding carboxylic acids is 2. The van der Waals surface area contributed by atoms with E-state index in [2.05, 4.69) is 31.6 Å². The smallest absolute Gasteiger partial charge is 0.287 e. The fourth-order valence-electron chi connectivity index (χ4n) is 5.40. The van der Waals surface area contributed by atoms with E-state index in [0.717, 1.165) is 36.3 Å². The van der Waals surface area contributed by atoms with Gasteiger partial charge < -0.3 is 20.1 Å². The Hall–Kier alpha value is -3.49. The van der Waals surface area contributed by atoms with Crippen molar-refractivity contribution in [2.45, 2.75) is 57.0 Å². The van der Waals surface area contributed by atoms with Gasteiger partial charge in [0.25, 0.3) is 5.91 Å². The number of amides is 2. The SMILES string of the molecule is CCn1c(C(=O)NC2CCC2)nc2c(N3CCC4(CC3)C(=O)Nc3ccccc34)ncnc21. The quantitative estimate of drug-likeness (QED) is 0.640. The number of nitrogens with one attached hydrogen (secondary N) is 2. The molecule has 2 fully saturated rings. The van der Waals surface area contributed by atoms with Crippen LogP contribution in [-0.2, 0) is 16.8 Å². The van der Waals surface area contributed by atoms with Crippen LogP contribution in [0.4, 0.5) is 11.5 Å². The molecule has 0 radical (unpaired) electrons. The Bertz CT molecular complexity index is 1250. The normalized spacial score (nSPS) is 19.4. The summed E-state index contributed by atoms with van der Waals surface area (Å²) in [6.45, 7) is 3.94. The Balaban J connectivity index is 1.31. The molecule has 4 heterocycles. The van der Waals surface area contributed by atoms with Gasteiger partial charge in [-0.25, -0.2) is 15.0 Å². The Labute approximate surface area is 191 Å². The van der Waals surface area contributed by atoms with Crippen LogP contribution in [-0.4, -0.2) is 50.5 Å². The number of aryl methyl sites for hydroxylation is 1. The van der Waals surface area contributed by atoms with Crippen molar-refractivity contribution in [3.8, 4) is 0 Å². The van der Waals surface area contributed by atoms with Crippen LogP contribution < -0.4 is 15.5 Å². The van der Waals surface area contributed by atoms with Crippen LogP contribution in [0, 0.1) is 0 Å². The predicted molar refractivity (Wildman–Crippen MR) is 124 cm³/mol. The molecule has 9 heteroatoms. The van der Waals surface area contributed by atoms with Crippen LogP contribution in [0.3, 0.4) is 0 Å². The molecule has 1 spiro atoms. The molecule has 9 nitrogen and oxygen atoms in total. The van der Waals surface area contributed by atoms with Crippen molar-refractivity contribution < 1.29 is 9.59 Å². The minimum absolute atomic E-state index is 0.0846. The van der Waals surface area contributed by atoms with Gasteiger partial charge in [-0.2, -0.15) is 0 Å². The number of piperidine rings is 1. The summed E-state index contributed by atoms with van der Waals surface area (Å²) in [6.07, 6.45) is 6.14. The number of imidazole rings is 1. The van der Waals surface area contributed by atoms with Crippen LogP contribution in [0.15, 0.2) is 30.6 Å². The molecular weight excluding hydrogens is 418 g/mol. The van der Waals surface area contributed by atoms with E-state index >= 15 is 0 Å². The molecule has 1 saturated carbocycles. The summed E-state index contributed by atoms with van der Waals surface area (Å²) in [5.74, 6) is 1.05. The number of aromatic nitrogens is 4. The second kappa shape index (κ2) is 7.54. The van der Waals surface area contributed by atoms with Crippen molar-refractivity contribution in [1.82, 2.24) is 24.8 Å². The molecule has 33 heavy (non-hydrogen) atoms. The zero-order chi connectivity index (χ0) is 22.6. The Morgan fingerprint density at radius 1 is 1.21 bits per heavy atom. The maximum Gasteiger partial charge on any atom is 0.287 e. The average molecular weight is 446 g/mol. The third-order valence-corrected chi connectivity index (χ3v) is 7.51. The number of para-hydroxylation sites is 1. The highest BCUT2D eigenvalue weighted by molar-refractivity contribution is 6.06. The molecule has 2 aliphatic heterocycles. The predicted octanol–water partition coefficient (Wildman–Crippen LogP) is 2.62. The van der Waals surface area contributed by atoms with Gasteiger partial charge in [-0.1, -0.05) is 18.2 Å². The van der Waals surface area contributed by atoms with E-state index in [1.165, 1.54) is 0 Å². The van der Waals surface area contributed by atoms with Crippen LogP contribution >= 0.6 is 0 Å². The number of hydrogen-bond acceptors (Lipinski definition) is 6. The summed E-state index contributed by atoms with van der Waals surface area (Å²) in [5, 5.41) is 6.14. The second-order valence-corrected chi connectivity index (χ2v) is 9.22. The number of hydrogen-bond donors (Lipinski definition) is 2. The molecule has 2 amide bonds. The van der Waals surface area contributed by atoms with Gasteiger partial charge in [-0.3, -0.25) is 9.59 Å². The van der Waals surface area contributed by atoms with Crippen LogP contribution in [0.25, 0.3) is 11.2 Å². The van der Waals surface area contributed by atoms with Crippen molar-refractivity contribution in [3.63, 3.8) is 0 Å². The molecule has 2 aromatic heterocycles. The molecule has 2 N–H and O–H groups in total. The molecular formula is C24H27N7O2. The monoisotopic (exact) mass is 445 g/mol. The Kier molecular flexibility index (Phi) is 4.60. The number of nitrogens with zero attached hydrogens (tertiary/aromatic N) is 5. The average Bonchev–Trinajstić information content (AvgIpc) is 3.32. The number of anilines is 2. The summed E-state index contributed by atoms with van der Waals surface area (Å²) < 4.78 is 1.86. The van der Waals surface area contributed by atoms with E-state index in [9.17, 15) is 9.59 Å². The zero-order valence-corrected chi connectivity index (χ0v) is 18.7. The van der Waals surface area contributed by atoms with Gasteiger partial charge in [0.15, 0.2) is 17.0 Å². The molecule has 6 rings (SSSR count). The van der Waals surface area contributed by atoms with Crippen LogP contribution in [0.2, 0.25) is 0 Å². The van der Waals surface area contributed by atoms with Gasteiger partial charge >= 0.3 is 0 Å². The van der Waals surface area contributed by atoms with Crippen LogP contribution in [0.5, 0.6) is 0 Å². The first-order valence-electron chi connectivity index (χ1n) is 11.8. The molecule has 1 aromatic carbocycles. The maximum absolute atomic E-state index is 12.9. The van der Waals surface area contributed by atoms with E-state index in [0.29, 0.717) is 49.5 Å². The molecule has 1 aliphatic carbocycles. The fraction of sp³-hybridized carbons (Fsp3) is 0.458.